The highest BCUT2D eigenvalue weighted by Gasteiger charge is 2.32. The summed E-state index contributed by atoms with van der Waals surface area (Å²) < 4.78 is 37.4. The lowest BCUT2D eigenvalue weighted by atomic mass is 9.94. The summed E-state index contributed by atoms with van der Waals surface area (Å²) in [5.74, 6) is 2.47. The van der Waals surface area contributed by atoms with Gasteiger partial charge in [-0.05, 0) is 31.4 Å². The summed E-state index contributed by atoms with van der Waals surface area (Å²) in [5.41, 5.74) is 1.68. The molecule has 3 atom stereocenters. The van der Waals surface area contributed by atoms with E-state index in [-0.39, 0.29) is 17.9 Å². The van der Waals surface area contributed by atoms with E-state index in [0.717, 1.165) is 36.6 Å². The van der Waals surface area contributed by atoms with Crippen LogP contribution in [0.4, 0.5) is 15.9 Å². The van der Waals surface area contributed by atoms with E-state index >= 15 is 0 Å². The quantitative estimate of drug-likeness (QED) is 0.532. The second kappa shape index (κ2) is 7.43. The van der Waals surface area contributed by atoms with Crippen molar-refractivity contribution in [3.63, 3.8) is 0 Å². The van der Waals surface area contributed by atoms with Gasteiger partial charge in [-0.1, -0.05) is 20.8 Å². The Kier molecular flexibility index (Phi) is 4.92. The molecule has 0 amide bonds. The third kappa shape index (κ3) is 3.72. The average Bonchev–Trinajstić information content (AvgIpc) is 3.49. The SMILES string of the molecule is CC(C)(C)c1cnc(C2CCC(c3cc(Nc4ccc5c(c4F)CN=S5(C)=O)n[nH]3)C2)o1. The van der Waals surface area contributed by atoms with Gasteiger partial charge in [0, 0.05) is 40.8 Å². The van der Waals surface area contributed by atoms with Gasteiger partial charge in [-0.15, -0.1) is 0 Å². The minimum Gasteiger partial charge on any atom is -0.445 e. The van der Waals surface area contributed by atoms with E-state index in [2.05, 4.69) is 45.6 Å². The van der Waals surface area contributed by atoms with Gasteiger partial charge in [-0.3, -0.25) is 5.10 Å². The minimum atomic E-state index is -2.49. The first-order chi connectivity index (χ1) is 15.1. The number of oxazole rings is 1. The van der Waals surface area contributed by atoms with Crippen LogP contribution in [0.25, 0.3) is 0 Å². The molecule has 170 valence electrons. The van der Waals surface area contributed by atoms with Crippen molar-refractivity contribution in [2.75, 3.05) is 11.6 Å². The summed E-state index contributed by atoms with van der Waals surface area (Å²) in [6, 6.07) is 5.23. The van der Waals surface area contributed by atoms with Crippen LogP contribution in [0.2, 0.25) is 0 Å². The fourth-order valence-corrected chi connectivity index (χ4v) is 5.97. The number of rotatable bonds is 4. The molecule has 2 N–H and O–H groups in total. The molecule has 2 aliphatic rings. The number of fused-ring (bicyclic) bond motifs is 1. The number of benzene rings is 1. The van der Waals surface area contributed by atoms with Gasteiger partial charge in [-0.25, -0.2) is 17.9 Å². The molecular weight excluding hydrogens is 429 g/mol. The molecule has 1 saturated carbocycles. The average molecular weight is 458 g/mol. The Morgan fingerprint density at radius 2 is 2.03 bits per heavy atom. The topological polar surface area (TPSA) is 96.2 Å². The van der Waals surface area contributed by atoms with Crippen LogP contribution in [-0.2, 0) is 21.7 Å². The summed E-state index contributed by atoms with van der Waals surface area (Å²) in [6.07, 6.45) is 6.35. The van der Waals surface area contributed by atoms with E-state index < -0.39 is 15.5 Å². The molecule has 1 aromatic carbocycles. The number of anilines is 2. The molecule has 0 bridgehead atoms. The first-order valence-corrected chi connectivity index (χ1v) is 12.8. The number of aromatic amines is 1. The fraction of sp³-hybridized carbons (Fsp3) is 0.478. The highest BCUT2D eigenvalue weighted by Crippen LogP contribution is 2.44. The zero-order valence-electron chi connectivity index (χ0n) is 18.7. The van der Waals surface area contributed by atoms with Crippen LogP contribution in [0.15, 0.2) is 38.1 Å². The van der Waals surface area contributed by atoms with Gasteiger partial charge in [0.15, 0.2) is 17.5 Å². The van der Waals surface area contributed by atoms with Crippen LogP contribution in [0.1, 0.15) is 74.8 Å². The predicted molar refractivity (Wildman–Crippen MR) is 121 cm³/mol. The molecule has 0 radical (unpaired) electrons. The molecule has 2 aromatic heterocycles. The molecule has 9 heteroatoms. The van der Waals surface area contributed by atoms with E-state index in [1.807, 2.05) is 12.3 Å². The highest BCUT2D eigenvalue weighted by molar-refractivity contribution is 7.93. The van der Waals surface area contributed by atoms with E-state index in [1.165, 1.54) is 0 Å². The minimum absolute atomic E-state index is 0.0538. The summed E-state index contributed by atoms with van der Waals surface area (Å²) >= 11 is 0. The number of halogens is 1. The second-order valence-electron chi connectivity index (χ2n) is 9.85. The van der Waals surface area contributed by atoms with Gasteiger partial charge in [0.2, 0.25) is 0 Å². The molecule has 1 aliphatic heterocycles. The Morgan fingerprint density at radius 3 is 2.78 bits per heavy atom. The number of H-pyrrole nitrogens is 1. The zero-order chi connectivity index (χ0) is 22.7. The molecule has 1 fully saturated rings. The summed E-state index contributed by atoms with van der Waals surface area (Å²) in [4.78, 5) is 5.01. The number of hydrogen-bond acceptors (Lipinski definition) is 6. The smallest absolute Gasteiger partial charge is 0.197 e. The maximum Gasteiger partial charge on any atom is 0.197 e. The van der Waals surface area contributed by atoms with Crippen LogP contribution in [0.3, 0.4) is 0 Å². The van der Waals surface area contributed by atoms with Crippen LogP contribution in [0.5, 0.6) is 0 Å². The molecule has 5 rings (SSSR count). The van der Waals surface area contributed by atoms with Crippen molar-refractivity contribution in [2.45, 2.75) is 68.7 Å². The largest absolute Gasteiger partial charge is 0.445 e. The molecular formula is C23H28FN5O2S. The first-order valence-electron chi connectivity index (χ1n) is 10.9. The molecule has 7 nitrogen and oxygen atoms in total. The third-order valence-corrected chi connectivity index (χ3v) is 8.24. The monoisotopic (exact) mass is 457 g/mol. The van der Waals surface area contributed by atoms with E-state index in [9.17, 15) is 8.60 Å². The lowest BCUT2D eigenvalue weighted by Crippen LogP contribution is -2.09. The second-order valence-corrected chi connectivity index (χ2v) is 12.1. The fourth-order valence-electron chi connectivity index (χ4n) is 4.52. The van der Waals surface area contributed by atoms with E-state index in [4.69, 9.17) is 4.42 Å². The van der Waals surface area contributed by atoms with Crippen molar-refractivity contribution in [3.05, 3.63) is 53.1 Å². The molecule has 0 saturated heterocycles. The molecule has 3 unspecified atom stereocenters. The standard InChI is InChI=1S/C23H28FN5O2S/c1-23(2,3)19-12-25-22(31-19)14-6-5-13(9-14)17-10-20(29-28-17)27-16-7-8-18-15(21(16)24)11-26-32(18,4)30/h7-8,10,12-14H,5-6,9,11H2,1-4H3,(H2,27,28,29). The van der Waals surface area contributed by atoms with Crippen molar-refractivity contribution in [3.8, 4) is 0 Å². The Balaban J connectivity index is 1.28. The highest BCUT2D eigenvalue weighted by atomic mass is 32.2. The Hall–Kier alpha value is -2.68. The summed E-state index contributed by atoms with van der Waals surface area (Å²) in [7, 11) is -2.49. The maximum absolute atomic E-state index is 14.9. The van der Waals surface area contributed by atoms with Gasteiger partial charge >= 0.3 is 0 Å². The van der Waals surface area contributed by atoms with Gasteiger partial charge < -0.3 is 9.73 Å². The molecule has 3 heterocycles. The lowest BCUT2D eigenvalue weighted by molar-refractivity contribution is 0.363. The maximum atomic E-state index is 14.9. The molecule has 32 heavy (non-hydrogen) atoms. The van der Waals surface area contributed by atoms with E-state index in [0.29, 0.717) is 27.9 Å². The van der Waals surface area contributed by atoms with Gasteiger partial charge in [-0.2, -0.15) is 5.10 Å². The summed E-state index contributed by atoms with van der Waals surface area (Å²) in [5, 5.41) is 10.5. The zero-order valence-corrected chi connectivity index (χ0v) is 19.6. The predicted octanol–water partition coefficient (Wildman–Crippen LogP) is 5.60. The van der Waals surface area contributed by atoms with Crippen molar-refractivity contribution >= 4 is 21.2 Å². The molecule has 1 aliphatic carbocycles. The van der Waals surface area contributed by atoms with Crippen LogP contribution in [-0.4, -0.2) is 25.6 Å². The van der Waals surface area contributed by atoms with Crippen LogP contribution < -0.4 is 5.32 Å². The number of hydrogen-bond donors (Lipinski definition) is 2. The Labute approximate surface area is 187 Å². The number of nitrogens with one attached hydrogen (secondary N) is 2. The van der Waals surface area contributed by atoms with Crippen molar-refractivity contribution in [1.29, 1.82) is 0 Å². The van der Waals surface area contributed by atoms with E-state index in [1.54, 1.807) is 18.4 Å². The number of aromatic nitrogens is 3. The Morgan fingerprint density at radius 1 is 1.25 bits per heavy atom. The van der Waals surface area contributed by atoms with Crippen molar-refractivity contribution in [2.24, 2.45) is 4.36 Å². The number of nitrogens with zero attached hydrogens (tertiary/aromatic N) is 3. The van der Waals surface area contributed by atoms with Gasteiger partial charge in [0.25, 0.3) is 0 Å². The lowest BCUT2D eigenvalue weighted by Gasteiger charge is -2.13. The van der Waals surface area contributed by atoms with Gasteiger partial charge in [0.05, 0.1) is 33.1 Å². The van der Waals surface area contributed by atoms with Gasteiger partial charge in [0.1, 0.15) is 5.76 Å². The first kappa shape index (κ1) is 21.2. The van der Waals surface area contributed by atoms with Crippen LogP contribution >= 0.6 is 0 Å². The Bertz CT molecular complexity index is 1300. The summed E-state index contributed by atoms with van der Waals surface area (Å²) in [6.45, 7) is 6.49. The van der Waals surface area contributed by atoms with Crippen molar-refractivity contribution < 1.29 is 13.0 Å². The molecule has 3 aromatic rings. The third-order valence-electron chi connectivity index (χ3n) is 6.42. The normalized spacial score (nSPS) is 25.0. The van der Waals surface area contributed by atoms with Crippen molar-refractivity contribution in [1.82, 2.24) is 15.2 Å². The molecule has 0 spiro atoms. The van der Waals surface area contributed by atoms with Crippen LogP contribution in [0, 0.1) is 5.82 Å².